The van der Waals surface area contributed by atoms with Crippen molar-refractivity contribution in [2.75, 3.05) is 5.32 Å². The molecule has 2 bridgehead atoms. The Morgan fingerprint density at radius 2 is 2.21 bits per heavy atom. The van der Waals surface area contributed by atoms with Crippen molar-refractivity contribution < 1.29 is 4.79 Å². The molecule has 2 saturated carbocycles. The quantitative estimate of drug-likeness (QED) is 0.834. The summed E-state index contributed by atoms with van der Waals surface area (Å²) in [5, 5.41) is 3.51. The number of amides is 1. The van der Waals surface area contributed by atoms with Gasteiger partial charge in [0.15, 0.2) is 0 Å². The number of hydrogen-bond donors (Lipinski definition) is 1. The first-order valence-electron chi connectivity index (χ1n) is 6.86. The van der Waals surface area contributed by atoms with Gasteiger partial charge in [-0.1, -0.05) is 34.0 Å². The lowest BCUT2D eigenvalue weighted by atomic mass is 9.86. The van der Waals surface area contributed by atoms with Crippen molar-refractivity contribution >= 4 is 39.1 Å². The lowest BCUT2D eigenvalue weighted by Crippen LogP contribution is -2.20. The Hall–Kier alpha value is -0.540. The Morgan fingerprint density at radius 1 is 1.37 bits per heavy atom. The van der Waals surface area contributed by atoms with Crippen molar-refractivity contribution in [2.45, 2.75) is 32.1 Å². The summed E-state index contributed by atoms with van der Waals surface area (Å²) in [6.45, 7) is 0. The number of anilines is 1. The number of halogens is 2. The predicted molar refractivity (Wildman–Crippen MR) is 81.3 cm³/mol. The van der Waals surface area contributed by atoms with E-state index >= 15 is 0 Å². The summed E-state index contributed by atoms with van der Waals surface area (Å²) in [4.78, 5) is 12.1. The van der Waals surface area contributed by atoms with E-state index in [-0.39, 0.29) is 5.91 Å². The van der Waals surface area contributed by atoms with Gasteiger partial charge in [-0.05, 0) is 55.2 Å². The average molecular weight is 343 g/mol. The minimum absolute atomic E-state index is 0.0989. The van der Waals surface area contributed by atoms with Gasteiger partial charge in [-0.15, -0.1) is 0 Å². The molecule has 0 spiro atoms. The first-order valence-corrected chi connectivity index (χ1v) is 8.04. The normalized spacial score (nSPS) is 28.6. The molecule has 3 rings (SSSR count). The molecule has 0 heterocycles. The van der Waals surface area contributed by atoms with Gasteiger partial charge >= 0.3 is 0 Å². The standard InChI is InChI=1S/C15H17BrClNO/c16-12-3-4-14(13(17)8-12)18-15(19)7-11-6-9-1-2-10(11)5-9/h3-4,8-11H,1-2,5-7H2,(H,18,19)/t9-,10+,11-/m1/s1. The van der Waals surface area contributed by atoms with E-state index in [1.807, 2.05) is 12.1 Å². The fourth-order valence-corrected chi connectivity index (χ4v) is 4.38. The number of fused-ring (bicyclic) bond motifs is 2. The SMILES string of the molecule is O=C(C[C@H]1C[C@@H]2CC[C@H]1C2)Nc1ccc(Br)cc1Cl. The zero-order valence-electron chi connectivity index (χ0n) is 10.7. The van der Waals surface area contributed by atoms with E-state index in [4.69, 9.17) is 11.6 Å². The van der Waals surface area contributed by atoms with Crippen molar-refractivity contribution in [2.24, 2.45) is 17.8 Å². The molecule has 0 aromatic heterocycles. The fourth-order valence-electron chi connectivity index (χ4n) is 3.66. The van der Waals surface area contributed by atoms with Gasteiger partial charge in [-0.2, -0.15) is 0 Å². The smallest absolute Gasteiger partial charge is 0.224 e. The van der Waals surface area contributed by atoms with Gasteiger partial charge in [0.05, 0.1) is 10.7 Å². The van der Waals surface area contributed by atoms with Gasteiger partial charge in [-0.25, -0.2) is 0 Å². The van der Waals surface area contributed by atoms with Crippen LogP contribution in [0.5, 0.6) is 0 Å². The molecule has 2 aliphatic carbocycles. The van der Waals surface area contributed by atoms with E-state index in [9.17, 15) is 4.79 Å². The van der Waals surface area contributed by atoms with Crippen LogP contribution in [0, 0.1) is 17.8 Å². The lowest BCUT2D eigenvalue weighted by Gasteiger charge is -2.21. The predicted octanol–water partition coefficient (Wildman–Crippen LogP) is 4.87. The largest absolute Gasteiger partial charge is 0.325 e. The fraction of sp³-hybridized carbons (Fsp3) is 0.533. The van der Waals surface area contributed by atoms with E-state index in [1.54, 1.807) is 6.07 Å². The molecule has 1 aromatic carbocycles. The second kappa shape index (κ2) is 5.45. The highest BCUT2D eigenvalue weighted by atomic mass is 79.9. The summed E-state index contributed by atoms with van der Waals surface area (Å²) < 4.78 is 0.920. The van der Waals surface area contributed by atoms with Crippen molar-refractivity contribution in [3.63, 3.8) is 0 Å². The maximum Gasteiger partial charge on any atom is 0.224 e. The Kier molecular flexibility index (Phi) is 3.86. The van der Waals surface area contributed by atoms with Crippen LogP contribution in [0.3, 0.4) is 0 Å². The van der Waals surface area contributed by atoms with Gasteiger partial charge in [0.1, 0.15) is 0 Å². The van der Waals surface area contributed by atoms with Gasteiger partial charge in [0.2, 0.25) is 5.91 Å². The highest BCUT2D eigenvalue weighted by molar-refractivity contribution is 9.10. The topological polar surface area (TPSA) is 29.1 Å². The van der Waals surface area contributed by atoms with Crippen LogP contribution in [-0.4, -0.2) is 5.91 Å². The molecule has 4 heteroatoms. The Balaban J connectivity index is 1.59. The summed E-state index contributed by atoms with van der Waals surface area (Å²) in [6, 6.07) is 5.53. The molecule has 0 radical (unpaired) electrons. The van der Waals surface area contributed by atoms with Crippen LogP contribution in [0.1, 0.15) is 32.1 Å². The number of benzene rings is 1. The third-order valence-corrected chi connectivity index (χ3v) is 5.34. The number of carbonyl (C=O) groups is 1. The summed E-state index contributed by atoms with van der Waals surface area (Å²) in [6.07, 6.45) is 5.93. The third kappa shape index (κ3) is 2.97. The average Bonchev–Trinajstić information content (AvgIpc) is 2.95. The second-order valence-electron chi connectivity index (χ2n) is 5.81. The molecular weight excluding hydrogens is 326 g/mol. The number of carbonyl (C=O) groups excluding carboxylic acids is 1. The molecule has 3 atom stereocenters. The second-order valence-corrected chi connectivity index (χ2v) is 7.13. The molecule has 2 nitrogen and oxygen atoms in total. The van der Waals surface area contributed by atoms with Crippen LogP contribution in [0.4, 0.5) is 5.69 Å². The molecule has 0 aliphatic heterocycles. The number of rotatable bonds is 3. The van der Waals surface area contributed by atoms with Gasteiger partial charge in [0, 0.05) is 10.9 Å². The summed E-state index contributed by atoms with van der Waals surface area (Å²) in [5.41, 5.74) is 0.707. The van der Waals surface area contributed by atoms with E-state index < -0.39 is 0 Å². The van der Waals surface area contributed by atoms with Crippen molar-refractivity contribution in [3.8, 4) is 0 Å². The zero-order chi connectivity index (χ0) is 13.4. The minimum Gasteiger partial charge on any atom is -0.325 e. The molecule has 102 valence electrons. The van der Waals surface area contributed by atoms with Crippen molar-refractivity contribution in [3.05, 3.63) is 27.7 Å². The minimum atomic E-state index is 0.0989. The maximum absolute atomic E-state index is 12.1. The van der Waals surface area contributed by atoms with Gasteiger partial charge < -0.3 is 5.32 Å². The monoisotopic (exact) mass is 341 g/mol. The summed E-state index contributed by atoms with van der Waals surface area (Å²) in [5.74, 6) is 2.37. The third-order valence-electron chi connectivity index (χ3n) is 4.54. The molecule has 1 aromatic rings. The van der Waals surface area contributed by atoms with Crippen LogP contribution < -0.4 is 5.32 Å². The Morgan fingerprint density at radius 3 is 2.84 bits per heavy atom. The summed E-state index contributed by atoms with van der Waals surface area (Å²) in [7, 11) is 0. The van der Waals surface area contributed by atoms with Crippen molar-refractivity contribution in [1.29, 1.82) is 0 Å². The first-order chi connectivity index (χ1) is 9.11. The van der Waals surface area contributed by atoms with Gasteiger partial charge in [-0.3, -0.25) is 4.79 Å². The maximum atomic E-state index is 12.1. The van der Waals surface area contributed by atoms with Crippen LogP contribution >= 0.6 is 27.5 Å². The molecular formula is C15H17BrClNO. The Bertz CT molecular complexity index is 505. The van der Waals surface area contributed by atoms with Crippen molar-refractivity contribution in [1.82, 2.24) is 0 Å². The summed E-state index contributed by atoms with van der Waals surface area (Å²) >= 11 is 9.47. The molecule has 2 aliphatic rings. The molecule has 2 fully saturated rings. The zero-order valence-corrected chi connectivity index (χ0v) is 13.0. The van der Waals surface area contributed by atoms with E-state index in [0.29, 0.717) is 23.0 Å². The molecule has 1 N–H and O–H groups in total. The lowest BCUT2D eigenvalue weighted by molar-refractivity contribution is -0.117. The van der Waals surface area contributed by atoms with E-state index in [1.165, 1.54) is 25.7 Å². The van der Waals surface area contributed by atoms with Crippen LogP contribution in [-0.2, 0) is 4.79 Å². The molecule has 0 saturated heterocycles. The first kappa shape index (κ1) is 13.4. The molecule has 0 unspecified atom stereocenters. The number of hydrogen-bond acceptors (Lipinski definition) is 1. The number of nitrogens with one attached hydrogen (secondary N) is 1. The molecule has 19 heavy (non-hydrogen) atoms. The van der Waals surface area contributed by atoms with Crippen LogP contribution in [0.25, 0.3) is 0 Å². The Labute approximate surface area is 127 Å². The van der Waals surface area contributed by atoms with Crippen LogP contribution in [0.15, 0.2) is 22.7 Å². The highest BCUT2D eigenvalue weighted by Crippen LogP contribution is 2.49. The van der Waals surface area contributed by atoms with E-state index in [2.05, 4.69) is 21.2 Å². The van der Waals surface area contributed by atoms with E-state index in [0.717, 1.165) is 16.3 Å². The van der Waals surface area contributed by atoms with Gasteiger partial charge in [0.25, 0.3) is 0 Å². The molecule has 1 amide bonds. The van der Waals surface area contributed by atoms with Crippen LogP contribution in [0.2, 0.25) is 5.02 Å². The highest BCUT2D eigenvalue weighted by Gasteiger charge is 2.40.